The summed E-state index contributed by atoms with van der Waals surface area (Å²) in [5.41, 5.74) is 4.08. The Balaban J connectivity index is 1.39. The van der Waals surface area contributed by atoms with E-state index >= 15 is 0 Å². The quantitative estimate of drug-likeness (QED) is 0.0798. The van der Waals surface area contributed by atoms with E-state index in [2.05, 4.69) is 24.0 Å². The molecule has 0 radical (unpaired) electrons. The number of anilines is 1. The summed E-state index contributed by atoms with van der Waals surface area (Å²) in [5, 5.41) is 20.3. The van der Waals surface area contributed by atoms with Gasteiger partial charge in [-0.05, 0) is 65.4 Å². The van der Waals surface area contributed by atoms with Crippen molar-refractivity contribution in [2.75, 3.05) is 4.90 Å². The van der Waals surface area contributed by atoms with Gasteiger partial charge in [0, 0.05) is 17.7 Å². The maximum absolute atomic E-state index is 13.6. The van der Waals surface area contributed by atoms with E-state index in [1.165, 1.54) is 40.1 Å². The van der Waals surface area contributed by atoms with Gasteiger partial charge in [-0.25, -0.2) is 4.39 Å². The first-order chi connectivity index (χ1) is 20.2. The summed E-state index contributed by atoms with van der Waals surface area (Å²) < 4.78 is 19.7. The highest BCUT2D eigenvalue weighted by atomic mass is 32.2. The molecule has 2 aliphatic rings. The summed E-state index contributed by atoms with van der Waals surface area (Å²) in [6, 6.07) is 18.3. The fourth-order valence-electron chi connectivity index (χ4n) is 5.22. The number of nitrogens with zero attached hydrogens (tertiary/aromatic N) is 3. The minimum Gasteiger partial charge on any atom is -0.507 e. The normalized spacial score (nSPS) is 19.4. The third-order valence-corrected chi connectivity index (χ3v) is 9.54. The molecule has 7 nitrogen and oxygen atoms in total. The molecule has 214 valence electrons. The van der Waals surface area contributed by atoms with Gasteiger partial charge >= 0.3 is 5.91 Å². The van der Waals surface area contributed by atoms with Crippen molar-refractivity contribution in [1.82, 2.24) is 10.2 Å². The van der Waals surface area contributed by atoms with Crippen LogP contribution in [0.1, 0.15) is 60.5 Å². The minimum atomic E-state index is -0.891. The fourth-order valence-corrected chi connectivity index (χ4v) is 7.04. The molecule has 1 aromatic heterocycles. The van der Waals surface area contributed by atoms with Crippen LogP contribution in [-0.2, 0) is 21.8 Å². The van der Waals surface area contributed by atoms with Gasteiger partial charge in [0.2, 0.25) is 5.13 Å². The zero-order valence-corrected chi connectivity index (χ0v) is 24.8. The number of aromatic nitrogens is 2. The summed E-state index contributed by atoms with van der Waals surface area (Å²) >= 11 is 2.59. The van der Waals surface area contributed by atoms with Crippen molar-refractivity contribution < 1.29 is 23.8 Å². The lowest BCUT2D eigenvalue weighted by molar-refractivity contribution is -0.132. The van der Waals surface area contributed by atoms with E-state index in [-0.39, 0.29) is 28.4 Å². The van der Waals surface area contributed by atoms with Crippen molar-refractivity contribution in [1.29, 1.82) is 0 Å². The van der Waals surface area contributed by atoms with Crippen molar-refractivity contribution in [2.24, 2.45) is 0 Å². The average molecular weight is 602 g/mol. The number of carbonyl (C=O) groups is 2. The highest BCUT2D eigenvalue weighted by molar-refractivity contribution is 8.00. The maximum Gasteiger partial charge on any atom is 0.301 e. The molecular formula is C32H28FN3O4S2. The summed E-state index contributed by atoms with van der Waals surface area (Å²) in [6.07, 6.45) is 0.712. The Morgan fingerprint density at radius 3 is 2.55 bits per heavy atom. The van der Waals surface area contributed by atoms with Crippen LogP contribution in [0.4, 0.5) is 9.52 Å². The van der Waals surface area contributed by atoms with Gasteiger partial charge in [-0.2, -0.15) is 0 Å². The second-order valence-corrected chi connectivity index (χ2v) is 12.9. The van der Waals surface area contributed by atoms with Gasteiger partial charge in [-0.3, -0.25) is 14.5 Å². The number of fused-ring (bicyclic) bond motifs is 1. The predicted octanol–water partition coefficient (Wildman–Crippen LogP) is 7.04. The highest BCUT2D eigenvalue weighted by Gasteiger charge is 2.48. The largest absolute Gasteiger partial charge is 0.507 e. The highest BCUT2D eigenvalue weighted by Crippen LogP contribution is 2.45. The molecule has 1 N–H and O–H groups in total. The third-order valence-electron chi connectivity index (χ3n) is 7.41. The molecule has 3 heterocycles. The van der Waals surface area contributed by atoms with Crippen LogP contribution in [0.15, 0.2) is 76.6 Å². The van der Waals surface area contributed by atoms with Gasteiger partial charge in [0.1, 0.15) is 23.4 Å². The molecule has 0 saturated carbocycles. The van der Waals surface area contributed by atoms with Crippen molar-refractivity contribution >= 4 is 45.7 Å². The average Bonchev–Trinajstić information content (AvgIpc) is 3.67. The summed E-state index contributed by atoms with van der Waals surface area (Å²) in [7, 11) is 0. The van der Waals surface area contributed by atoms with Crippen molar-refractivity contribution in [2.45, 2.75) is 55.3 Å². The number of benzene rings is 3. The lowest BCUT2D eigenvalue weighted by Gasteiger charge is -2.23. The Labute approximate surface area is 251 Å². The van der Waals surface area contributed by atoms with E-state index < -0.39 is 17.7 Å². The molecule has 0 spiro atoms. The summed E-state index contributed by atoms with van der Waals surface area (Å²) in [5.74, 6) is -0.530. The van der Waals surface area contributed by atoms with Crippen molar-refractivity contribution in [3.8, 4) is 5.75 Å². The molecular weight excluding hydrogens is 574 g/mol. The summed E-state index contributed by atoms with van der Waals surface area (Å²) in [6.45, 7) is 6.15. The zero-order chi connectivity index (χ0) is 29.5. The Kier molecular flexibility index (Phi) is 7.59. The molecule has 10 heteroatoms. The number of ether oxygens (including phenoxy) is 1. The number of Topliss-reactive ketones (excluding diaryl/α,β-unsaturated/α-hetero) is 1. The molecule has 0 aliphatic carbocycles. The number of ketones is 1. The molecule has 6 rings (SSSR count). The molecule has 3 aromatic carbocycles. The smallest absolute Gasteiger partial charge is 0.301 e. The van der Waals surface area contributed by atoms with Gasteiger partial charge in [-0.15, -0.1) is 10.2 Å². The van der Waals surface area contributed by atoms with Gasteiger partial charge in [0.25, 0.3) is 5.78 Å². The third kappa shape index (κ3) is 5.32. The van der Waals surface area contributed by atoms with Crippen LogP contribution in [0, 0.1) is 5.82 Å². The molecule has 0 bridgehead atoms. The fraction of sp³-hybridized carbons (Fsp3) is 0.250. The molecule has 1 fully saturated rings. The van der Waals surface area contributed by atoms with Crippen LogP contribution in [0.25, 0.3) is 5.76 Å². The molecule has 4 aromatic rings. The number of carbonyl (C=O) groups excluding carboxylic acids is 2. The van der Waals surface area contributed by atoms with Gasteiger partial charge in [0.05, 0.1) is 11.6 Å². The number of rotatable bonds is 7. The van der Waals surface area contributed by atoms with Crippen LogP contribution in [0.5, 0.6) is 5.75 Å². The number of hydrogen-bond acceptors (Lipinski definition) is 8. The second kappa shape index (κ2) is 11.3. The number of amides is 1. The van der Waals surface area contributed by atoms with E-state index in [4.69, 9.17) is 4.74 Å². The monoisotopic (exact) mass is 601 g/mol. The number of halogens is 1. The predicted molar refractivity (Wildman–Crippen MR) is 161 cm³/mol. The second-order valence-electron chi connectivity index (χ2n) is 10.7. The van der Waals surface area contributed by atoms with Crippen molar-refractivity contribution in [3.05, 3.63) is 106 Å². The first-order valence-electron chi connectivity index (χ1n) is 13.6. The lowest BCUT2D eigenvalue weighted by atomic mass is 9.93. The SMILES string of the molecule is CC1Cc2cc(/C(O)=C3/C(=O)C(=O)N(c4nnc(SCc5ccc(F)cc5)s4)C3c3ccc(C(C)C)cc3)ccc2O1. The summed E-state index contributed by atoms with van der Waals surface area (Å²) in [4.78, 5) is 28.5. The number of hydrogen-bond donors (Lipinski definition) is 1. The minimum absolute atomic E-state index is 0.0000686. The molecule has 2 unspecified atom stereocenters. The van der Waals surface area contributed by atoms with Crippen LogP contribution in [0.3, 0.4) is 0 Å². The van der Waals surface area contributed by atoms with Crippen LogP contribution >= 0.6 is 23.1 Å². The Morgan fingerprint density at radius 1 is 1.10 bits per heavy atom. The topological polar surface area (TPSA) is 92.6 Å². The number of aliphatic hydroxyl groups excluding tert-OH is 1. The van der Waals surface area contributed by atoms with Gasteiger partial charge in [0.15, 0.2) is 4.34 Å². The van der Waals surface area contributed by atoms with Gasteiger partial charge < -0.3 is 9.84 Å². The molecule has 1 amide bonds. The van der Waals surface area contributed by atoms with Gasteiger partial charge in [-0.1, -0.05) is 73.3 Å². The van der Waals surface area contributed by atoms with Crippen molar-refractivity contribution in [3.63, 3.8) is 0 Å². The maximum atomic E-state index is 13.6. The first-order valence-corrected chi connectivity index (χ1v) is 15.4. The molecule has 1 saturated heterocycles. The van der Waals surface area contributed by atoms with E-state index in [0.717, 1.165) is 22.4 Å². The van der Waals surface area contributed by atoms with Crippen LogP contribution in [-0.4, -0.2) is 33.1 Å². The Morgan fingerprint density at radius 2 is 1.83 bits per heavy atom. The molecule has 2 aliphatic heterocycles. The van der Waals surface area contributed by atoms with Crippen LogP contribution in [0.2, 0.25) is 0 Å². The van der Waals surface area contributed by atoms with E-state index in [1.54, 1.807) is 24.3 Å². The standard InChI is InChI=1S/C32H28FN3O4S2/c1-17(2)20-6-8-21(9-7-20)27-26(28(37)22-10-13-25-23(15-22)14-18(3)40-25)29(38)30(39)36(27)31-34-35-32(42-31)41-16-19-4-11-24(33)12-5-19/h4-13,15,17-18,27,37H,14,16H2,1-3H3/b28-26-. The lowest BCUT2D eigenvalue weighted by Crippen LogP contribution is -2.29. The number of thioether (sulfide) groups is 1. The molecule has 2 atom stereocenters. The van der Waals surface area contributed by atoms with E-state index in [0.29, 0.717) is 33.6 Å². The van der Waals surface area contributed by atoms with E-state index in [1.807, 2.05) is 37.3 Å². The number of aliphatic hydroxyl groups is 1. The van der Waals surface area contributed by atoms with Crippen LogP contribution < -0.4 is 9.64 Å². The Hall–Kier alpha value is -4.02. The molecule has 42 heavy (non-hydrogen) atoms. The Bertz CT molecular complexity index is 1700. The van der Waals surface area contributed by atoms with E-state index in [9.17, 15) is 19.1 Å². The zero-order valence-electron chi connectivity index (χ0n) is 23.2. The first kappa shape index (κ1) is 28.1.